The van der Waals surface area contributed by atoms with Gasteiger partial charge in [0.15, 0.2) is 0 Å². The highest BCUT2D eigenvalue weighted by Gasteiger charge is 1.96. The van der Waals surface area contributed by atoms with Crippen LogP contribution >= 0.6 is 39.1 Å². The molecule has 0 unspecified atom stereocenters. The number of aryl methyl sites for hydroxylation is 1. The van der Waals surface area contributed by atoms with Crippen molar-refractivity contribution in [3.8, 4) is 5.75 Å². The third-order valence-corrected chi connectivity index (χ3v) is 2.20. The fraction of sp³-hybridized carbons (Fsp3) is 0.250. The van der Waals surface area contributed by atoms with Crippen LogP contribution in [0.15, 0.2) is 22.7 Å². The van der Waals surface area contributed by atoms with Gasteiger partial charge in [0.05, 0.1) is 9.81 Å². The summed E-state index contributed by atoms with van der Waals surface area (Å²) in [6.07, 6.45) is 0. The van der Waals surface area contributed by atoms with Crippen LogP contribution in [-0.2, 0) is 0 Å². The number of hydrogen-bond acceptors (Lipinski definition) is 1. The van der Waals surface area contributed by atoms with Gasteiger partial charge >= 0.3 is 0 Å². The summed E-state index contributed by atoms with van der Waals surface area (Å²) in [5.74, 6) is 0.301. The van der Waals surface area contributed by atoms with Crippen molar-refractivity contribution in [3.63, 3.8) is 0 Å². The van der Waals surface area contributed by atoms with E-state index < -0.39 is 0 Å². The smallest absolute Gasteiger partial charge is 0.130 e. The molecular formula is C8H9BrCl2O. The fourth-order valence-corrected chi connectivity index (χ4v) is 0.896. The van der Waals surface area contributed by atoms with Crippen molar-refractivity contribution < 1.29 is 5.11 Å². The van der Waals surface area contributed by atoms with E-state index in [4.69, 9.17) is 28.3 Å². The van der Waals surface area contributed by atoms with Crippen molar-refractivity contribution in [2.75, 3.05) is 5.34 Å². The van der Waals surface area contributed by atoms with Crippen molar-refractivity contribution in [3.05, 3.63) is 28.2 Å². The molecule has 1 aromatic rings. The van der Waals surface area contributed by atoms with Crippen LogP contribution in [0.3, 0.4) is 0 Å². The summed E-state index contributed by atoms with van der Waals surface area (Å²) in [6, 6.07) is 5.40. The molecule has 0 aromatic heterocycles. The molecule has 0 fully saturated rings. The first kappa shape index (κ1) is 12.1. The van der Waals surface area contributed by atoms with Crippen LogP contribution < -0.4 is 0 Å². The topological polar surface area (TPSA) is 20.2 Å². The van der Waals surface area contributed by atoms with Crippen molar-refractivity contribution in [1.82, 2.24) is 0 Å². The number of hydrogen-bond donors (Lipinski definition) is 1. The number of aromatic hydroxyl groups is 1. The molecule has 1 N–H and O–H groups in total. The minimum absolute atomic E-state index is 0.194. The van der Waals surface area contributed by atoms with Crippen molar-refractivity contribution in [2.24, 2.45) is 0 Å². The average molecular weight is 272 g/mol. The second kappa shape index (κ2) is 6.58. The molecule has 0 saturated heterocycles. The van der Waals surface area contributed by atoms with Gasteiger partial charge < -0.3 is 5.11 Å². The molecule has 68 valence electrons. The highest BCUT2D eigenvalue weighted by Crippen LogP contribution is 2.25. The van der Waals surface area contributed by atoms with Gasteiger partial charge in [-0.05, 0) is 34.5 Å². The lowest BCUT2D eigenvalue weighted by Crippen LogP contribution is -1.73. The number of phenolic OH excluding ortho intramolecular Hbond substituents is 1. The first-order valence-electron chi connectivity index (χ1n) is 3.19. The molecule has 1 rings (SSSR count). The van der Waals surface area contributed by atoms with E-state index in [0.29, 0.717) is 5.75 Å². The molecule has 0 spiro atoms. The molecule has 0 heterocycles. The van der Waals surface area contributed by atoms with E-state index in [1.54, 1.807) is 6.07 Å². The molecule has 4 heteroatoms. The van der Waals surface area contributed by atoms with E-state index in [9.17, 15) is 0 Å². The molecule has 1 aromatic carbocycles. The first-order chi connectivity index (χ1) is 5.63. The molecule has 1 nitrogen and oxygen atoms in total. The van der Waals surface area contributed by atoms with Gasteiger partial charge in [0, 0.05) is 0 Å². The normalized spacial score (nSPS) is 8.67. The van der Waals surface area contributed by atoms with Crippen molar-refractivity contribution >= 4 is 39.1 Å². The summed E-state index contributed by atoms with van der Waals surface area (Å²) in [5.41, 5.74) is 1.05. The standard InChI is InChI=1S/C7H7BrO.CH2Cl2/c1-5-3-2-4-6(9)7(5)8;2-1-3/h2-4,9H,1H3;1H2. The molecule has 12 heavy (non-hydrogen) atoms. The quantitative estimate of drug-likeness (QED) is 0.710. The third kappa shape index (κ3) is 4.19. The number of halogens is 3. The molecule has 0 bridgehead atoms. The molecule has 0 aliphatic carbocycles. The summed E-state index contributed by atoms with van der Waals surface area (Å²) in [6.45, 7) is 1.93. The van der Waals surface area contributed by atoms with Gasteiger partial charge in [-0.3, -0.25) is 0 Å². The second-order valence-corrected chi connectivity index (χ2v) is 3.61. The van der Waals surface area contributed by atoms with Crippen LogP contribution in [0.25, 0.3) is 0 Å². The third-order valence-electron chi connectivity index (χ3n) is 1.17. The minimum Gasteiger partial charge on any atom is -0.507 e. The maximum Gasteiger partial charge on any atom is 0.130 e. The summed E-state index contributed by atoms with van der Waals surface area (Å²) in [4.78, 5) is 0. The maximum absolute atomic E-state index is 9.05. The van der Waals surface area contributed by atoms with Gasteiger partial charge in [-0.15, -0.1) is 23.2 Å². The van der Waals surface area contributed by atoms with Crippen LogP contribution in [0.1, 0.15) is 5.56 Å². The number of alkyl halides is 2. The Morgan fingerprint density at radius 1 is 1.42 bits per heavy atom. The molecule has 0 aliphatic rings. The Labute approximate surface area is 90.4 Å². The van der Waals surface area contributed by atoms with Crippen LogP contribution in [-0.4, -0.2) is 10.4 Å². The second-order valence-electron chi connectivity index (χ2n) is 2.01. The Kier molecular flexibility index (Phi) is 6.62. The van der Waals surface area contributed by atoms with Gasteiger partial charge in [0.2, 0.25) is 0 Å². The van der Waals surface area contributed by atoms with E-state index in [-0.39, 0.29) is 5.34 Å². The van der Waals surface area contributed by atoms with Gasteiger partial charge in [-0.1, -0.05) is 12.1 Å². The highest BCUT2D eigenvalue weighted by molar-refractivity contribution is 9.10. The molecule has 0 amide bonds. The Hall–Kier alpha value is 0.0800. The first-order valence-corrected chi connectivity index (χ1v) is 5.05. The zero-order chi connectivity index (χ0) is 9.56. The SMILES string of the molecule is Cc1cccc(O)c1Br.ClCCl. The van der Waals surface area contributed by atoms with Crippen LogP contribution in [0.5, 0.6) is 5.75 Å². The monoisotopic (exact) mass is 270 g/mol. The van der Waals surface area contributed by atoms with Gasteiger partial charge in [0.25, 0.3) is 0 Å². The summed E-state index contributed by atoms with van der Waals surface area (Å²) >= 11 is 12.8. The zero-order valence-corrected chi connectivity index (χ0v) is 9.62. The van der Waals surface area contributed by atoms with E-state index >= 15 is 0 Å². The van der Waals surface area contributed by atoms with Gasteiger partial charge in [0.1, 0.15) is 5.75 Å². The predicted octanol–water partition coefficient (Wildman–Crippen LogP) is 3.88. The van der Waals surface area contributed by atoms with Gasteiger partial charge in [-0.25, -0.2) is 0 Å². The van der Waals surface area contributed by atoms with Crippen LogP contribution in [0.2, 0.25) is 0 Å². The molecule has 0 saturated carbocycles. The summed E-state index contributed by atoms with van der Waals surface area (Å²) in [5, 5.41) is 9.25. The fourth-order valence-electron chi connectivity index (χ4n) is 0.632. The number of rotatable bonds is 0. The summed E-state index contributed by atoms with van der Waals surface area (Å²) < 4.78 is 0.782. The summed E-state index contributed by atoms with van der Waals surface area (Å²) in [7, 11) is 0. The van der Waals surface area contributed by atoms with Crippen molar-refractivity contribution in [1.29, 1.82) is 0 Å². The van der Waals surface area contributed by atoms with E-state index in [2.05, 4.69) is 15.9 Å². The Morgan fingerprint density at radius 2 is 1.92 bits per heavy atom. The maximum atomic E-state index is 9.05. The molecule has 0 atom stereocenters. The Balaban J connectivity index is 0.000000354. The van der Waals surface area contributed by atoms with Gasteiger partial charge in [-0.2, -0.15) is 0 Å². The van der Waals surface area contributed by atoms with E-state index in [1.807, 2.05) is 19.1 Å². The van der Waals surface area contributed by atoms with E-state index in [1.165, 1.54) is 0 Å². The lowest BCUT2D eigenvalue weighted by Gasteiger charge is -1.97. The van der Waals surface area contributed by atoms with E-state index in [0.717, 1.165) is 10.0 Å². The molecule has 0 radical (unpaired) electrons. The minimum atomic E-state index is 0.194. The number of benzene rings is 1. The van der Waals surface area contributed by atoms with Crippen LogP contribution in [0.4, 0.5) is 0 Å². The molecule has 0 aliphatic heterocycles. The molecular weight excluding hydrogens is 263 g/mol. The Morgan fingerprint density at radius 3 is 2.25 bits per heavy atom. The number of phenols is 1. The zero-order valence-electron chi connectivity index (χ0n) is 6.52. The lowest BCUT2D eigenvalue weighted by atomic mass is 10.2. The van der Waals surface area contributed by atoms with Crippen LogP contribution in [0, 0.1) is 6.92 Å². The Bertz CT molecular complexity index is 220. The largest absolute Gasteiger partial charge is 0.507 e. The average Bonchev–Trinajstić information content (AvgIpc) is 2.02. The predicted molar refractivity (Wildman–Crippen MR) is 57.1 cm³/mol. The lowest BCUT2D eigenvalue weighted by molar-refractivity contribution is 0.471. The highest BCUT2D eigenvalue weighted by atomic mass is 79.9. The van der Waals surface area contributed by atoms with Crippen molar-refractivity contribution in [2.45, 2.75) is 6.92 Å².